The molecule has 2 aromatic rings. The summed E-state index contributed by atoms with van der Waals surface area (Å²) in [5.41, 5.74) is 3.83. The molecule has 0 radical (unpaired) electrons. The molecular weight excluding hydrogens is 397 g/mol. The summed E-state index contributed by atoms with van der Waals surface area (Å²) in [4.78, 5) is 27.0. The molecule has 0 spiro atoms. The fourth-order valence-corrected chi connectivity index (χ4v) is 4.26. The molecule has 0 bridgehead atoms. The number of amides is 3. The Morgan fingerprint density at radius 3 is 2.42 bits per heavy atom. The fourth-order valence-electron chi connectivity index (χ4n) is 4.26. The molecule has 2 N–H and O–H groups in total. The SMILES string of the molecule is Cc1ccc(C2CCN(C(=O)Nc3c(F)cccc3C3=CCN(C(=O)O)C3)CC2)cc1. The summed E-state index contributed by atoms with van der Waals surface area (Å²) in [5.74, 6) is -0.116. The summed E-state index contributed by atoms with van der Waals surface area (Å²) in [6.45, 7) is 3.69. The zero-order chi connectivity index (χ0) is 22.0. The number of hydrogen-bond donors (Lipinski definition) is 2. The molecule has 2 aromatic carbocycles. The maximum absolute atomic E-state index is 14.6. The van der Waals surface area contributed by atoms with Crippen LogP contribution in [0.25, 0.3) is 5.57 Å². The summed E-state index contributed by atoms with van der Waals surface area (Å²) in [6.07, 6.45) is 2.45. The maximum Gasteiger partial charge on any atom is 0.407 e. The van der Waals surface area contributed by atoms with Crippen LogP contribution in [0.1, 0.15) is 35.4 Å². The number of carbonyl (C=O) groups excluding carboxylic acids is 1. The van der Waals surface area contributed by atoms with Gasteiger partial charge in [0.2, 0.25) is 0 Å². The topological polar surface area (TPSA) is 72.9 Å². The second-order valence-electron chi connectivity index (χ2n) is 8.16. The van der Waals surface area contributed by atoms with Crippen LogP contribution in [0.3, 0.4) is 0 Å². The van der Waals surface area contributed by atoms with Crippen molar-refractivity contribution in [2.45, 2.75) is 25.7 Å². The number of carbonyl (C=O) groups is 2. The Labute approximate surface area is 181 Å². The van der Waals surface area contributed by atoms with E-state index < -0.39 is 11.9 Å². The lowest BCUT2D eigenvalue weighted by Crippen LogP contribution is -2.40. The second kappa shape index (κ2) is 8.79. The third kappa shape index (κ3) is 4.55. The molecule has 1 fully saturated rings. The molecule has 4 rings (SSSR count). The molecule has 3 amide bonds. The molecular formula is C24H26FN3O3. The number of halogens is 1. The molecule has 2 heterocycles. The molecule has 0 aromatic heterocycles. The average molecular weight is 423 g/mol. The Hall–Kier alpha value is -3.35. The van der Waals surface area contributed by atoms with Gasteiger partial charge in [0.05, 0.1) is 5.69 Å². The van der Waals surface area contributed by atoms with E-state index in [0.29, 0.717) is 30.1 Å². The van der Waals surface area contributed by atoms with Crippen LogP contribution in [0.5, 0.6) is 0 Å². The Bertz CT molecular complexity index is 1010. The Kier molecular flexibility index (Phi) is 5.93. The number of aryl methyl sites for hydroxylation is 1. The van der Waals surface area contributed by atoms with E-state index in [9.17, 15) is 19.1 Å². The summed E-state index contributed by atoms with van der Waals surface area (Å²) < 4.78 is 14.6. The molecule has 0 unspecified atom stereocenters. The van der Waals surface area contributed by atoms with Crippen molar-refractivity contribution in [3.63, 3.8) is 0 Å². The lowest BCUT2D eigenvalue weighted by Gasteiger charge is -2.32. The van der Waals surface area contributed by atoms with Crippen molar-refractivity contribution in [2.24, 2.45) is 0 Å². The van der Waals surface area contributed by atoms with Crippen LogP contribution in [0.2, 0.25) is 0 Å². The van der Waals surface area contributed by atoms with E-state index in [1.54, 1.807) is 23.1 Å². The van der Waals surface area contributed by atoms with Crippen LogP contribution in [0.4, 0.5) is 19.7 Å². The Balaban J connectivity index is 1.42. The van der Waals surface area contributed by atoms with Gasteiger partial charge in [-0.15, -0.1) is 0 Å². The van der Waals surface area contributed by atoms with Gasteiger partial charge in [-0.05, 0) is 42.9 Å². The first kappa shape index (κ1) is 20.9. The van der Waals surface area contributed by atoms with Crippen molar-refractivity contribution >= 4 is 23.4 Å². The fraction of sp³-hybridized carbons (Fsp3) is 0.333. The van der Waals surface area contributed by atoms with Crippen LogP contribution in [-0.2, 0) is 0 Å². The van der Waals surface area contributed by atoms with Crippen LogP contribution in [-0.4, -0.2) is 53.2 Å². The lowest BCUT2D eigenvalue weighted by atomic mass is 9.89. The molecule has 162 valence electrons. The van der Waals surface area contributed by atoms with Gasteiger partial charge in [-0.25, -0.2) is 14.0 Å². The molecule has 0 atom stereocenters. The molecule has 0 aliphatic carbocycles. The van der Waals surface area contributed by atoms with Gasteiger partial charge >= 0.3 is 12.1 Å². The zero-order valence-electron chi connectivity index (χ0n) is 17.5. The van der Waals surface area contributed by atoms with Crippen molar-refractivity contribution in [1.82, 2.24) is 9.80 Å². The highest BCUT2D eigenvalue weighted by molar-refractivity contribution is 5.94. The van der Waals surface area contributed by atoms with E-state index in [1.807, 2.05) is 0 Å². The number of rotatable bonds is 3. The van der Waals surface area contributed by atoms with Gasteiger partial charge in [-0.1, -0.05) is 48.0 Å². The van der Waals surface area contributed by atoms with Gasteiger partial charge in [0.15, 0.2) is 0 Å². The van der Waals surface area contributed by atoms with Crippen LogP contribution < -0.4 is 5.32 Å². The van der Waals surface area contributed by atoms with Gasteiger partial charge < -0.3 is 20.2 Å². The van der Waals surface area contributed by atoms with Gasteiger partial charge in [-0.2, -0.15) is 0 Å². The quantitative estimate of drug-likeness (QED) is 0.736. The first-order valence-corrected chi connectivity index (χ1v) is 10.5. The smallest absolute Gasteiger partial charge is 0.407 e. The lowest BCUT2D eigenvalue weighted by molar-refractivity contribution is 0.158. The van der Waals surface area contributed by atoms with Crippen molar-refractivity contribution in [2.75, 3.05) is 31.5 Å². The summed E-state index contributed by atoms with van der Waals surface area (Å²) in [7, 11) is 0. The molecule has 0 saturated carbocycles. The minimum Gasteiger partial charge on any atom is -0.465 e. The first-order valence-electron chi connectivity index (χ1n) is 10.5. The molecule has 6 nitrogen and oxygen atoms in total. The maximum atomic E-state index is 14.6. The second-order valence-corrected chi connectivity index (χ2v) is 8.16. The van der Waals surface area contributed by atoms with Gasteiger partial charge in [0, 0.05) is 31.7 Å². The predicted octanol–water partition coefficient (Wildman–Crippen LogP) is 4.92. The van der Waals surface area contributed by atoms with Crippen molar-refractivity contribution < 1.29 is 19.1 Å². The normalized spacial score (nSPS) is 16.9. The molecule has 31 heavy (non-hydrogen) atoms. The van der Waals surface area contributed by atoms with E-state index in [1.165, 1.54) is 22.1 Å². The highest BCUT2D eigenvalue weighted by Gasteiger charge is 2.27. The van der Waals surface area contributed by atoms with Gasteiger partial charge in [0.25, 0.3) is 0 Å². The van der Waals surface area contributed by atoms with Crippen LogP contribution >= 0.6 is 0 Å². The van der Waals surface area contributed by atoms with Crippen LogP contribution in [0.15, 0.2) is 48.5 Å². The number of hydrogen-bond acceptors (Lipinski definition) is 2. The minimum atomic E-state index is -1.02. The van der Waals surface area contributed by atoms with Crippen molar-refractivity contribution in [3.8, 4) is 0 Å². The Morgan fingerprint density at radius 2 is 1.77 bits per heavy atom. The number of para-hydroxylation sites is 1. The van der Waals surface area contributed by atoms with Crippen molar-refractivity contribution in [3.05, 3.63) is 71.0 Å². The number of urea groups is 1. The highest BCUT2D eigenvalue weighted by atomic mass is 19.1. The molecule has 2 aliphatic heterocycles. The standard InChI is InChI=1S/C24H26FN3O3/c1-16-5-7-17(8-6-16)18-9-12-27(13-10-18)23(29)26-22-20(3-2-4-21(22)25)19-11-14-28(15-19)24(30)31/h2-8,11,18H,9-10,12-15H2,1H3,(H,26,29)(H,30,31). The molecule has 7 heteroatoms. The number of carboxylic acid groups (broad SMARTS) is 1. The summed E-state index contributed by atoms with van der Waals surface area (Å²) in [6, 6.07) is 12.8. The van der Waals surface area contributed by atoms with E-state index in [0.717, 1.165) is 12.8 Å². The number of piperidine rings is 1. The zero-order valence-corrected chi connectivity index (χ0v) is 17.5. The monoisotopic (exact) mass is 423 g/mol. The molecule has 2 aliphatic rings. The predicted molar refractivity (Wildman–Crippen MR) is 118 cm³/mol. The van der Waals surface area contributed by atoms with Crippen LogP contribution in [0, 0.1) is 12.7 Å². The van der Waals surface area contributed by atoms with E-state index in [2.05, 4.69) is 36.5 Å². The average Bonchev–Trinajstić information content (AvgIpc) is 3.26. The summed E-state index contributed by atoms with van der Waals surface area (Å²) in [5, 5.41) is 11.9. The molecule has 1 saturated heterocycles. The van der Waals surface area contributed by atoms with E-state index in [4.69, 9.17) is 0 Å². The first-order chi connectivity index (χ1) is 14.9. The number of benzene rings is 2. The number of likely N-dealkylation sites (tertiary alicyclic amines) is 1. The Morgan fingerprint density at radius 1 is 1.06 bits per heavy atom. The highest BCUT2D eigenvalue weighted by Crippen LogP contribution is 2.32. The van der Waals surface area contributed by atoms with E-state index >= 15 is 0 Å². The number of nitrogens with zero attached hydrogens (tertiary/aromatic N) is 2. The minimum absolute atomic E-state index is 0.103. The largest absolute Gasteiger partial charge is 0.465 e. The third-order valence-electron chi connectivity index (χ3n) is 6.11. The number of anilines is 1. The number of nitrogens with one attached hydrogen (secondary N) is 1. The van der Waals surface area contributed by atoms with Gasteiger partial charge in [0.1, 0.15) is 5.82 Å². The van der Waals surface area contributed by atoms with Crippen molar-refractivity contribution in [1.29, 1.82) is 0 Å². The summed E-state index contributed by atoms with van der Waals surface area (Å²) >= 11 is 0. The van der Waals surface area contributed by atoms with E-state index in [-0.39, 0.29) is 24.8 Å². The third-order valence-corrected chi connectivity index (χ3v) is 6.11. The van der Waals surface area contributed by atoms with Gasteiger partial charge in [-0.3, -0.25) is 0 Å².